The monoisotopic (exact) mass is 339 g/mol. The minimum absolute atomic E-state index is 0.00236. The van der Waals surface area contributed by atoms with Crippen LogP contribution in [0.2, 0.25) is 0 Å². The Hall–Kier alpha value is -3.82. The number of carbonyl (C=O) groups is 1. The normalized spacial score (nSPS) is 11.0. The summed E-state index contributed by atoms with van der Waals surface area (Å²) < 4.78 is 0. The lowest BCUT2D eigenvalue weighted by atomic mass is 10.2. The van der Waals surface area contributed by atoms with E-state index in [0.29, 0.717) is 11.0 Å². The molecule has 1 aromatic heterocycles. The highest BCUT2D eigenvalue weighted by Gasteiger charge is 2.07. The SMILES string of the molecule is O=C(Cn1nc2ccccc2n1)N/N=C\c1cc([N+](=O)[O-])ccc1[O-]. The second-order valence-corrected chi connectivity index (χ2v) is 4.99. The Morgan fingerprint density at radius 3 is 2.56 bits per heavy atom. The van der Waals surface area contributed by atoms with Crippen LogP contribution in [0.1, 0.15) is 5.56 Å². The molecule has 0 bridgehead atoms. The van der Waals surface area contributed by atoms with Gasteiger partial charge in [-0.2, -0.15) is 20.1 Å². The van der Waals surface area contributed by atoms with Crippen molar-refractivity contribution >= 4 is 28.8 Å². The predicted octanol–water partition coefficient (Wildman–Crippen LogP) is 0.563. The fourth-order valence-electron chi connectivity index (χ4n) is 2.06. The van der Waals surface area contributed by atoms with Crippen LogP contribution in [0.3, 0.4) is 0 Å². The summed E-state index contributed by atoms with van der Waals surface area (Å²) >= 11 is 0. The molecule has 25 heavy (non-hydrogen) atoms. The molecule has 10 nitrogen and oxygen atoms in total. The lowest BCUT2D eigenvalue weighted by Gasteiger charge is -2.08. The Balaban J connectivity index is 1.64. The van der Waals surface area contributed by atoms with E-state index in [-0.39, 0.29) is 17.8 Å². The van der Waals surface area contributed by atoms with Gasteiger partial charge in [-0.25, -0.2) is 5.43 Å². The summed E-state index contributed by atoms with van der Waals surface area (Å²) in [6.07, 6.45) is 1.06. The Labute approximate surface area is 140 Å². The van der Waals surface area contributed by atoms with Gasteiger partial charge in [-0.1, -0.05) is 23.9 Å². The lowest BCUT2D eigenvalue weighted by Crippen LogP contribution is -2.24. The standard InChI is InChI=1S/C15H12N6O4/c22-14-6-5-11(21(24)25)7-10(14)8-16-17-15(23)9-20-18-12-3-1-2-4-13(12)19-20/h1-8,22H,9H2,(H,17,23)/p-1/b16-8-. The smallest absolute Gasteiger partial charge is 0.270 e. The first kappa shape index (κ1) is 16.1. The molecule has 1 N–H and O–H groups in total. The molecule has 0 aliphatic carbocycles. The number of nitro groups is 1. The number of benzene rings is 2. The van der Waals surface area contributed by atoms with E-state index in [9.17, 15) is 20.0 Å². The molecule has 0 spiro atoms. The summed E-state index contributed by atoms with van der Waals surface area (Å²) in [5.74, 6) is -0.946. The number of aromatic nitrogens is 3. The van der Waals surface area contributed by atoms with E-state index in [4.69, 9.17) is 0 Å². The summed E-state index contributed by atoms with van der Waals surface area (Å²) in [6, 6.07) is 10.4. The molecule has 0 aliphatic rings. The van der Waals surface area contributed by atoms with Crippen molar-refractivity contribution in [3.8, 4) is 5.75 Å². The average Bonchev–Trinajstić information content (AvgIpc) is 2.98. The number of nitro benzene ring substituents is 1. The maximum Gasteiger partial charge on any atom is 0.270 e. The molecule has 2 aromatic carbocycles. The lowest BCUT2D eigenvalue weighted by molar-refractivity contribution is -0.385. The number of non-ortho nitro benzene ring substituents is 1. The van der Waals surface area contributed by atoms with Gasteiger partial charge in [0.2, 0.25) is 0 Å². The van der Waals surface area contributed by atoms with Gasteiger partial charge in [0.15, 0.2) is 0 Å². The van der Waals surface area contributed by atoms with Crippen molar-refractivity contribution in [2.45, 2.75) is 6.54 Å². The third-order valence-electron chi connectivity index (χ3n) is 3.21. The van der Waals surface area contributed by atoms with E-state index in [1.54, 1.807) is 12.1 Å². The van der Waals surface area contributed by atoms with E-state index < -0.39 is 16.6 Å². The maximum atomic E-state index is 11.8. The summed E-state index contributed by atoms with van der Waals surface area (Å²) in [7, 11) is 0. The molecule has 10 heteroatoms. The second kappa shape index (κ2) is 6.74. The number of hydrogen-bond acceptors (Lipinski definition) is 7. The number of carbonyl (C=O) groups excluding carboxylic acids is 1. The number of rotatable bonds is 5. The van der Waals surface area contributed by atoms with Crippen LogP contribution in [0.4, 0.5) is 5.69 Å². The minimum Gasteiger partial charge on any atom is -0.872 e. The first-order chi connectivity index (χ1) is 12.0. The van der Waals surface area contributed by atoms with Gasteiger partial charge in [0.25, 0.3) is 11.6 Å². The van der Waals surface area contributed by atoms with Gasteiger partial charge in [-0.15, -0.1) is 0 Å². The zero-order chi connectivity index (χ0) is 17.8. The fourth-order valence-corrected chi connectivity index (χ4v) is 2.06. The molecule has 0 aliphatic heterocycles. The van der Waals surface area contributed by atoms with Crippen LogP contribution < -0.4 is 10.5 Å². The molecule has 1 amide bonds. The summed E-state index contributed by atoms with van der Waals surface area (Å²) in [5, 5.41) is 34.2. The maximum absolute atomic E-state index is 11.8. The number of amides is 1. The van der Waals surface area contributed by atoms with Crippen LogP contribution in [-0.2, 0) is 11.3 Å². The molecule has 0 saturated heterocycles. The molecule has 0 saturated carbocycles. The molecule has 0 radical (unpaired) electrons. The molecule has 3 aromatic rings. The third-order valence-corrected chi connectivity index (χ3v) is 3.21. The van der Waals surface area contributed by atoms with Gasteiger partial charge < -0.3 is 5.11 Å². The Morgan fingerprint density at radius 2 is 1.92 bits per heavy atom. The Morgan fingerprint density at radius 1 is 1.24 bits per heavy atom. The molecular weight excluding hydrogens is 328 g/mol. The van der Waals surface area contributed by atoms with Crippen molar-refractivity contribution < 1.29 is 14.8 Å². The van der Waals surface area contributed by atoms with E-state index in [1.807, 2.05) is 12.1 Å². The molecule has 126 valence electrons. The largest absolute Gasteiger partial charge is 0.872 e. The number of fused-ring (bicyclic) bond motifs is 1. The van der Waals surface area contributed by atoms with Crippen LogP contribution in [0, 0.1) is 10.1 Å². The van der Waals surface area contributed by atoms with Gasteiger partial charge >= 0.3 is 0 Å². The fraction of sp³-hybridized carbons (Fsp3) is 0.0667. The van der Waals surface area contributed by atoms with E-state index in [0.717, 1.165) is 24.4 Å². The van der Waals surface area contributed by atoms with Crippen LogP contribution in [0.25, 0.3) is 11.0 Å². The van der Waals surface area contributed by atoms with Crippen molar-refractivity contribution in [1.82, 2.24) is 20.4 Å². The highest BCUT2D eigenvalue weighted by atomic mass is 16.6. The van der Waals surface area contributed by atoms with Crippen LogP contribution >= 0.6 is 0 Å². The highest BCUT2D eigenvalue weighted by molar-refractivity contribution is 5.85. The number of nitrogens with zero attached hydrogens (tertiary/aromatic N) is 5. The van der Waals surface area contributed by atoms with Crippen molar-refractivity contribution in [1.29, 1.82) is 0 Å². The first-order valence-corrected chi connectivity index (χ1v) is 7.10. The van der Waals surface area contributed by atoms with Gasteiger partial charge in [0.1, 0.15) is 17.6 Å². The van der Waals surface area contributed by atoms with Gasteiger partial charge in [0.05, 0.1) is 11.1 Å². The number of hydrogen-bond donors (Lipinski definition) is 1. The zero-order valence-corrected chi connectivity index (χ0v) is 12.7. The van der Waals surface area contributed by atoms with Gasteiger partial charge in [-0.3, -0.25) is 14.9 Å². The highest BCUT2D eigenvalue weighted by Crippen LogP contribution is 2.18. The predicted molar refractivity (Wildman–Crippen MR) is 85.8 cm³/mol. The summed E-state index contributed by atoms with van der Waals surface area (Å²) in [5.41, 5.74) is 3.30. The van der Waals surface area contributed by atoms with Crippen molar-refractivity contribution in [3.05, 3.63) is 58.1 Å². The van der Waals surface area contributed by atoms with Crippen molar-refractivity contribution in [2.75, 3.05) is 0 Å². The molecule has 3 rings (SSSR count). The first-order valence-electron chi connectivity index (χ1n) is 7.10. The minimum atomic E-state index is -0.622. The molecule has 1 heterocycles. The van der Waals surface area contributed by atoms with Crippen molar-refractivity contribution in [3.63, 3.8) is 0 Å². The van der Waals surface area contributed by atoms with Gasteiger partial charge in [0, 0.05) is 12.1 Å². The Bertz CT molecular complexity index is 948. The number of hydrazone groups is 1. The topological polar surface area (TPSA) is 138 Å². The molecule has 0 unspecified atom stereocenters. The average molecular weight is 339 g/mol. The van der Waals surface area contributed by atoms with E-state index in [2.05, 4.69) is 20.7 Å². The van der Waals surface area contributed by atoms with Crippen molar-refractivity contribution in [2.24, 2.45) is 5.10 Å². The second-order valence-electron chi connectivity index (χ2n) is 4.99. The molecule has 0 atom stereocenters. The quantitative estimate of drug-likeness (QED) is 0.409. The zero-order valence-electron chi connectivity index (χ0n) is 12.7. The van der Waals surface area contributed by atoms with Gasteiger partial charge in [-0.05, 0) is 17.7 Å². The number of nitrogens with one attached hydrogen (secondary N) is 1. The summed E-state index contributed by atoms with van der Waals surface area (Å²) in [6.45, 7) is -0.162. The van der Waals surface area contributed by atoms with E-state index in [1.165, 1.54) is 4.80 Å². The van der Waals surface area contributed by atoms with Crippen LogP contribution in [-0.4, -0.2) is 32.0 Å². The van der Waals surface area contributed by atoms with Crippen LogP contribution in [0.15, 0.2) is 47.6 Å². The van der Waals surface area contributed by atoms with Crippen LogP contribution in [0.5, 0.6) is 5.75 Å². The van der Waals surface area contributed by atoms with E-state index >= 15 is 0 Å². The third kappa shape index (κ3) is 3.75. The molecule has 0 fully saturated rings. The Kier molecular flexibility index (Phi) is 4.33. The molecular formula is C15H11N6O4-. The summed E-state index contributed by atoms with van der Waals surface area (Å²) in [4.78, 5) is 23.1.